The fourth-order valence-electron chi connectivity index (χ4n) is 1.75. The molecule has 1 aliphatic heterocycles. The Morgan fingerprint density at radius 2 is 2.38 bits per heavy atom. The van der Waals surface area contributed by atoms with Gasteiger partial charge in [-0.1, -0.05) is 6.07 Å². The normalized spacial score (nSPS) is 19.6. The van der Waals surface area contributed by atoms with Crippen LogP contribution in [0.25, 0.3) is 0 Å². The van der Waals surface area contributed by atoms with Crippen molar-refractivity contribution in [1.29, 1.82) is 0 Å². The summed E-state index contributed by atoms with van der Waals surface area (Å²) >= 11 is 0. The summed E-state index contributed by atoms with van der Waals surface area (Å²) in [5, 5.41) is 5.86. The summed E-state index contributed by atoms with van der Waals surface area (Å²) < 4.78 is 13.1. The van der Waals surface area contributed by atoms with Crippen LogP contribution in [0.4, 0.5) is 15.8 Å². The average molecular weight is 223 g/mol. The number of hydrogen-bond donors (Lipinski definition) is 3. The second kappa shape index (κ2) is 4.38. The van der Waals surface area contributed by atoms with E-state index >= 15 is 0 Å². The Morgan fingerprint density at radius 3 is 3.06 bits per heavy atom. The smallest absolute Gasteiger partial charge is 0.220 e. The monoisotopic (exact) mass is 223 g/mol. The molecule has 0 bridgehead atoms. The summed E-state index contributed by atoms with van der Waals surface area (Å²) in [6, 6.07) is 4.74. The average Bonchev–Trinajstić information content (AvgIpc) is 2.67. The molecule has 0 aliphatic carbocycles. The number of amides is 1. The van der Waals surface area contributed by atoms with Gasteiger partial charge < -0.3 is 16.4 Å². The van der Waals surface area contributed by atoms with Crippen molar-refractivity contribution in [1.82, 2.24) is 5.32 Å². The maximum atomic E-state index is 13.1. The molecule has 0 saturated carbocycles. The molecule has 1 aromatic rings. The highest BCUT2D eigenvalue weighted by atomic mass is 19.1. The molecule has 2 rings (SSSR count). The molecule has 1 amide bonds. The third-order valence-corrected chi connectivity index (χ3v) is 2.68. The van der Waals surface area contributed by atoms with E-state index in [0.29, 0.717) is 18.7 Å². The molecule has 1 saturated heterocycles. The lowest BCUT2D eigenvalue weighted by Gasteiger charge is -2.14. The minimum Gasteiger partial charge on any atom is -0.395 e. The Labute approximate surface area is 93.0 Å². The fourth-order valence-corrected chi connectivity index (χ4v) is 1.75. The van der Waals surface area contributed by atoms with Crippen LogP contribution in [0.1, 0.15) is 12.8 Å². The number of nitrogens with two attached hydrogens (primary N) is 1. The standard InChI is InChI=1S/C11H14FN3O/c12-8-2-1-3-9(11(8)13)14-6-7-4-5-10(16)15-7/h1-3,7,14H,4-6,13H2,(H,15,16). The third-order valence-electron chi connectivity index (χ3n) is 2.68. The summed E-state index contributed by atoms with van der Waals surface area (Å²) in [5.41, 5.74) is 6.26. The maximum absolute atomic E-state index is 13.1. The molecule has 1 aliphatic rings. The fraction of sp³-hybridized carbons (Fsp3) is 0.364. The van der Waals surface area contributed by atoms with Crippen molar-refractivity contribution in [3.05, 3.63) is 24.0 Å². The number of nitrogens with one attached hydrogen (secondary N) is 2. The van der Waals surface area contributed by atoms with E-state index < -0.39 is 5.82 Å². The molecule has 1 atom stereocenters. The summed E-state index contributed by atoms with van der Waals surface area (Å²) in [4.78, 5) is 11.0. The molecule has 1 aromatic carbocycles. The Kier molecular flexibility index (Phi) is 2.94. The van der Waals surface area contributed by atoms with Crippen LogP contribution in [0.3, 0.4) is 0 Å². The van der Waals surface area contributed by atoms with Gasteiger partial charge in [-0.25, -0.2) is 4.39 Å². The van der Waals surface area contributed by atoms with Gasteiger partial charge in [-0.05, 0) is 18.6 Å². The van der Waals surface area contributed by atoms with E-state index in [1.165, 1.54) is 6.07 Å². The second-order valence-electron chi connectivity index (χ2n) is 3.89. The Bertz CT molecular complexity index is 408. The van der Waals surface area contributed by atoms with Gasteiger partial charge in [0.2, 0.25) is 5.91 Å². The SMILES string of the molecule is Nc1c(F)cccc1NCC1CCC(=O)N1. The third kappa shape index (κ3) is 2.24. The topological polar surface area (TPSA) is 67.1 Å². The largest absolute Gasteiger partial charge is 0.395 e. The Balaban J connectivity index is 1.94. The van der Waals surface area contributed by atoms with Crippen molar-refractivity contribution < 1.29 is 9.18 Å². The molecular formula is C11H14FN3O. The molecule has 1 fully saturated rings. The van der Waals surface area contributed by atoms with Gasteiger partial charge in [0.15, 0.2) is 0 Å². The van der Waals surface area contributed by atoms with Gasteiger partial charge in [-0.15, -0.1) is 0 Å². The van der Waals surface area contributed by atoms with Crippen LogP contribution in [0.5, 0.6) is 0 Å². The van der Waals surface area contributed by atoms with Crippen molar-refractivity contribution in [3.8, 4) is 0 Å². The molecule has 86 valence electrons. The van der Waals surface area contributed by atoms with E-state index in [1.54, 1.807) is 12.1 Å². The van der Waals surface area contributed by atoms with Crippen molar-refractivity contribution >= 4 is 17.3 Å². The van der Waals surface area contributed by atoms with Crippen molar-refractivity contribution in [3.63, 3.8) is 0 Å². The van der Waals surface area contributed by atoms with Crippen LogP contribution in [-0.4, -0.2) is 18.5 Å². The first-order valence-corrected chi connectivity index (χ1v) is 5.24. The van der Waals surface area contributed by atoms with E-state index in [9.17, 15) is 9.18 Å². The molecule has 16 heavy (non-hydrogen) atoms. The second-order valence-corrected chi connectivity index (χ2v) is 3.89. The van der Waals surface area contributed by atoms with Crippen LogP contribution >= 0.6 is 0 Å². The molecule has 0 aromatic heterocycles. The zero-order valence-corrected chi connectivity index (χ0v) is 8.79. The molecule has 4 nitrogen and oxygen atoms in total. The van der Waals surface area contributed by atoms with Crippen molar-refractivity contribution in [2.75, 3.05) is 17.6 Å². The van der Waals surface area contributed by atoms with Gasteiger partial charge in [0.05, 0.1) is 11.4 Å². The lowest BCUT2D eigenvalue weighted by atomic mass is 10.2. The van der Waals surface area contributed by atoms with Gasteiger partial charge in [-0.3, -0.25) is 4.79 Å². The molecule has 5 heteroatoms. The summed E-state index contributed by atoms with van der Waals surface area (Å²) in [5.74, 6) is -0.362. The highest BCUT2D eigenvalue weighted by molar-refractivity contribution is 5.78. The van der Waals surface area contributed by atoms with Crippen LogP contribution in [0, 0.1) is 5.82 Å². The Morgan fingerprint density at radius 1 is 1.56 bits per heavy atom. The molecular weight excluding hydrogens is 209 g/mol. The molecule has 4 N–H and O–H groups in total. The Hall–Kier alpha value is -1.78. The zero-order chi connectivity index (χ0) is 11.5. The van der Waals surface area contributed by atoms with Gasteiger partial charge in [0.25, 0.3) is 0 Å². The number of rotatable bonds is 3. The lowest BCUT2D eigenvalue weighted by molar-refractivity contribution is -0.119. The number of anilines is 2. The first-order chi connectivity index (χ1) is 7.66. The molecule has 0 spiro atoms. The van der Waals surface area contributed by atoms with Crippen LogP contribution in [0.2, 0.25) is 0 Å². The molecule has 1 heterocycles. The van der Waals surface area contributed by atoms with Gasteiger partial charge in [0.1, 0.15) is 5.82 Å². The van der Waals surface area contributed by atoms with Gasteiger partial charge in [-0.2, -0.15) is 0 Å². The van der Waals surface area contributed by atoms with E-state index in [0.717, 1.165) is 6.42 Å². The van der Waals surface area contributed by atoms with E-state index in [2.05, 4.69) is 10.6 Å². The molecule has 0 radical (unpaired) electrons. The number of halogens is 1. The molecule has 1 unspecified atom stereocenters. The predicted molar refractivity (Wildman–Crippen MR) is 60.5 cm³/mol. The van der Waals surface area contributed by atoms with Crippen LogP contribution in [0.15, 0.2) is 18.2 Å². The number of carbonyl (C=O) groups excluding carboxylic acids is 1. The van der Waals surface area contributed by atoms with Crippen molar-refractivity contribution in [2.45, 2.75) is 18.9 Å². The highest BCUT2D eigenvalue weighted by Gasteiger charge is 2.20. The van der Waals surface area contributed by atoms with Crippen molar-refractivity contribution in [2.24, 2.45) is 0 Å². The maximum Gasteiger partial charge on any atom is 0.220 e. The summed E-state index contributed by atoms with van der Waals surface area (Å²) in [6.45, 7) is 0.569. The van der Waals surface area contributed by atoms with E-state index in [4.69, 9.17) is 5.73 Å². The van der Waals surface area contributed by atoms with Gasteiger partial charge in [0, 0.05) is 19.0 Å². The zero-order valence-electron chi connectivity index (χ0n) is 8.79. The lowest BCUT2D eigenvalue weighted by Crippen LogP contribution is -2.31. The van der Waals surface area contributed by atoms with Crippen LogP contribution < -0.4 is 16.4 Å². The van der Waals surface area contributed by atoms with E-state index in [-0.39, 0.29) is 17.6 Å². The summed E-state index contributed by atoms with van der Waals surface area (Å²) in [6.07, 6.45) is 1.37. The highest BCUT2D eigenvalue weighted by Crippen LogP contribution is 2.21. The quantitative estimate of drug-likeness (QED) is 0.672. The number of hydrogen-bond acceptors (Lipinski definition) is 3. The predicted octanol–water partition coefficient (Wildman–Crippen LogP) is 1.10. The minimum atomic E-state index is -0.430. The first-order valence-electron chi connectivity index (χ1n) is 5.24. The minimum absolute atomic E-state index is 0.0685. The number of carbonyl (C=O) groups is 1. The van der Waals surface area contributed by atoms with Crippen LogP contribution in [-0.2, 0) is 4.79 Å². The summed E-state index contributed by atoms with van der Waals surface area (Å²) in [7, 11) is 0. The van der Waals surface area contributed by atoms with Gasteiger partial charge >= 0.3 is 0 Å². The van der Waals surface area contributed by atoms with E-state index in [1.807, 2.05) is 0 Å². The number of benzene rings is 1. The number of para-hydroxylation sites is 1. The first kappa shape index (κ1) is 10.7. The number of nitrogen functional groups attached to an aromatic ring is 1.